The molecule has 2 aromatic rings. The molecule has 1 aliphatic heterocycles. The smallest absolute Gasteiger partial charge is 0.267 e. The third-order valence-electron chi connectivity index (χ3n) is 5.99. The number of nitrogens with one attached hydrogen (secondary N) is 1. The van der Waals surface area contributed by atoms with Crippen molar-refractivity contribution in [1.82, 2.24) is 9.62 Å². The first kappa shape index (κ1) is 23.9. The molecule has 0 aliphatic carbocycles. The molecule has 1 aliphatic rings. The molecule has 1 fully saturated rings. The number of likely N-dealkylation sites (tertiary alicyclic amines) is 1. The molecule has 8 heteroatoms. The highest BCUT2D eigenvalue weighted by Crippen LogP contribution is 2.32. The minimum absolute atomic E-state index is 0.00106. The number of hydrogen-bond acceptors (Lipinski definition) is 4. The molecule has 2 amide bonds. The lowest BCUT2D eigenvalue weighted by Crippen LogP contribution is -2.68. The normalized spacial score (nSPS) is 18.8. The van der Waals surface area contributed by atoms with Crippen molar-refractivity contribution in [3.63, 3.8) is 0 Å². The molecule has 0 bridgehead atoms. The van der Waals surface area contributed by atoms with Gasteiger partial charge in [-0.25, -0.2) is 17.5 Å². The van der Waals surface area contributed by atoms with Crippen LogP contribution in [0, 0.1) is 12.7 Å². The summed E-state index contributed by atoms with van der Waals surface area (Å²) in [4.78, 5) is 26.5. The Morgan fingerprint density at radius 1 is 1.12 bits per heavy atom. The number of sulfonamides is 1. The van der Waals surface area contributed by atoms with Crippen molar-refractivity contribution in [3.05, 3.63) is 65.0 Å². The third-order valence-corrected chi connectivity index (χ3v) is 7.33. The standard InChI is InChI=1S/C24H29FN2O4S/c1-16-6-11-19(25)20(14-16)32(30,31)26-22(29)24(5)12-13-27(24)21(28)15-17-7-9-18(10-8-17)23(2,3)4/h6-11,14H,12-13,15H2,1-5H3,(H,26,29). The maximum Gasteiger partial charge on any atom is 0.267 e. The van der Waals surface area contributed by atoms with Crippen molar-refractivity contribution in [2.24, 2.45) is 0 Å². The highest BCUT2D eigenvalue weighted by molar-refractivity contribution is 7.90. The van der Waals surface area contributed by atoms with Gasteiger partial charge in [0.15, 0.2) is 0 Å². The van der Waals surface area contributed by atoms with Gasteiger partial charge in [-0.05, 0) is 54.5 Å². The molecule has 32 heavy (non-hydrogen) atoms. The van der Waals surface area contributed by atoms with Crippen LogP contribution in [0.4, 0.5) is 4.39 Å². The monoisotopic (exact) mass is 460 g/mol. The van der Waals surface area contributed by atoms with Gasteiger partial charge >= 0.3 is 0 Å². The molecule has 3 rings (SSSR count). The lowest BCUT2D eigenvalue weighted by atomic mass is 9.84. The molecule has 1 N–H and O–H groups in total. The van der Waals surface area contributed by atoms with Crippen molar-refractivity contribution in [2.75, 3.05) is 6.54 Å². The summed E-state index contributed by atoms with van der Waals surface area (Å²) in [6, 6.07) is 11.4. The highest BCUT2D eigenvalue weighted by Gasteiger charge is 2.50. The quantitative estimate of drug-likeness (QED) is 0.741. The number of hydrogen-bond donors (Lipinski definition) is 1. The van der Waals surface area contributed by atoms with Crippen LogP contribution in [0.25, 0.3) is 0 Å². The maximum atomic E-state index is 14.1. The first-order valence-electron chi connectivity index (χ1n) is 10.5. The van der Waals surface area contributed by atoms with E-state index < -0.39 is 32.2 Å². The van der Waals surface area contributed by atoms with Crippen LogP contribution in [0.1, 0.15) is 50.8 Å². The zero-order valence-corrected chi connectivity index (χ0v) is 19.8. The number of aryl methyl sites for hydroxylation is 1. The Bertz CT molecular complexity index is 1150. The van der Waals surface area contributed by atoms with Gasteiger partial charge in [0.05, 0.1) is 6.42 Å². The summed E-state index contributed by atoms with van der Waals surface area (Å²) >= 11 is 0. The van der Waals surface area contributed by atoms with Gasteiger partial charge in [0, 0.05) is 6.54 Å². The highest BCUT2D eigenvalue weighted by atomic mass is 32.2. The van der Waals surface area contributed by atoms with E-state index in [2.05, 4.69) is 20.8 Å². The van der Waals surface area contributed by atoms with Crippen molar-refractivity contribution < 1.29 is 22.4 Å². The van der Waals surface area contributed by atoms with Gasteiger partial charge in [0.25, 0.3) is 15.9 Å². The predicted molar refractivity (Wildman–Crippen MR) is 120 cm³/mol. The molecule has 1 heterocycles. The van der Waals surface area contributed by atoms with Crippen LogP contribution in [-0.4, -0.2) is 37.2 Å². The molecule has 172 valence electrons. The molecule has 0 aromatic heterocycles. The van der Waals surface area contributed by atoms with Crippen LogP contribution in [0.2, 0.25) is 0 Å². The Hall–Kier alpha value is -2.74. The van der Waals surface area contributed by atoms with Crippen LogP contribution < -0.4 is 4.72 Å². The van der Waals surface area contributed by atoms with Gasteiger partial charge in [0.2, 0.25) is 5.91 Å². The number of nitrogens with zero attached hydrogens (tertiary/aromatic N) is 1. The van der Waals surface area contributed by atoms with Gasteiger partial charge in [0.1, 0.15) is 16.3 Å². The summed E-state index contributed by atoms with van der Waals surface area (Å²) in [6.07, 6.45) is 0.423. The Labute approximate surface area is 188 Å². The average molecular weight is 461 g/mol. The number of carbonyl (C=O) groups excluding carboxylic acids is 2. The Morgan fingerprint density at radius 2 is 1.75 bits per heavy atom. The zero-order valence-electron chi connectivity index (χ0n) is 19.0. The van der Waals surface area contributed by atoms with Crippen molar-refractivity contribution >= 4 is 21.8 Å². The van der Waals surface area contributed by atoms with Crippen LogP contribution in [0.5, 0.6) is 0 Å². The van der Waals surface area contributed by atoms with E-state index in [0.29, 0.717) is 18.5 Å². The molecular weight excluding hydrogens is 431 g/mol. The van der Waals surface area contributed by atoms with E-state index in [-0.39, 0.29) is 17.7 Å². The summed E-state index contributed by atoms with van der Waals surface area (Å²) in [6.45, 7) is 9.81. The van der Waals surface area contributed by atoms with E-state index in [4.69, 9.17) is 0 Å². The van der Waals surface area contributed by atoms with E-state index in [1.54, 1.807) is 6.92 Å². The van der Waals surface area contributed by atoms with Crippen molar-refractivity contribution in [1.29, 1.82) is 0 Å². The van der Waals surface area contributed by atoms with Crippen LogP contribution in [-0.2, 0) is 31.4 Å². The molecular formula is C24H29FN2O4S. The van der Waals surface area contributed by atoms with Gasteiger partial charge < -0.3 is 4.90 Å². The summed E-state index contributed by atoms with van der Waals surface area (Å²) in [5.41, 5.74) is 1.19. The first-order valence-corrected chi connectivity index (χ1v) is 12.0. The van der Waals surface area contributed by atoms with E-state index in [9.17, 15) is 22.4 Å². The fourth-order valence-corrected chi connectivity index (χ4v) is 4.93. The number of rotatable bonds is 5. The van der Waals surface area contributed by atoms with E-state index >= 15 is 0 Å². The molecule has 1 atom stereocenters. The Kier molecular flexibility index (Phi) is 6.21. The van der Waals surface area contributed by atoms with Crippen molar-refractivity contribution in [2.45, 2.75) is 63.3 Å². The molecule has 2 aromatic carbocycles. The Morgan fingerprint density at radius 3 is 2.28 bits per heavy atom. The van der Waals surface area contributed by atoms with E-state index in [0.717, 1.165) is 23.3 Å². The fraction of sp³-hybridized carbons (Fsp3) is 0.417. The van der Waals surface area contributed by atoms with Gasteiger partial charge in [-0.3, -0.25) is 9.59 Å². The Balaban J connectivity index is 1.72. The number of carbonyl (C=O) groups is 2. The zero-order chi connectivity index (χ0) is 23.9. The van der Waals surface area contributed by atoms with Gasteiger partial charge in [-0.1, -0.05) is 51.1 Å². The predicted octanol–water partition coefficient (Wildman–Crippen LogP) is 3.47. The molecule has 1 saturated heterocycles. The largest absolute Gasteiger partial charge is 0.328 e. The van der Waals surface area contributed by atoms with E-state index in [1.165, 1.54) is 17.9 Å². The topological polar surface area (TPSA) is 83.6 Å². The summed E-state index contributed by atoms with van der Waals surface area (Å²) in [5, 5.41) is 0. The summed E-state index contributed by atoms with van der Waals surface area (Å²) < 4.78 is 41.2. The lowest BCUT2D eigenvalue weighted by molar-refractivity contribution is -0.156. The van der Waals surface area contributed by atoms with Crippen LogP contribution in [0.15, 0.2) is 47.4 Å². The lowest BCUT2D eigenvalue weighted by Gasteiger charge is -2.49. The SMILES string of the molecule is Cc1ccc(F)c(S(=O)(=O)NC(=O)C2(C)CCN2C(=O)Cc2ccc(C(C)(C)C)cc2)c1. The first-order chi connectivity index (χ1) is 14.7. The second kappa shape index (κ2) is 8.31. The fourth-order valence-electron chi connectivity index (χ4n) is 3.69. The molecule has 0 saturated carbocycles. The number of amides is 2. The van der Waals surface area contributed by atoms with Crippen LogP contribution >= 0.6 is 0 Å². The van der Waals surface area contributed by atoms with Gasteiger partial charge in [-0.15, -0.1) is 0 Å². The number of benzene rings is 2. The summed E-state index contributed by atoms with van der Waals surface area (Å²) in [5.74, 6) is -2.06. The summed E-state index contributed by atoms with van der Waals surface area (Å²) in [7, 11) is -4.41. The van der Waals surface area contributed by atoms with Crippen molar-refractivity contribution in [3.8, 4) is 0 Å². The van der Waals surface area contributed by atoms with Gasteiger partial charge in [-0.2, -0.15) is 0 Å². The minimum atomic E-state index is -4.41. The minimum Gasteiger partial charge on any atom is -0.328 e. The second-order valence-corrected chi connectivity index (χ2v) is 11.2. The van der Waals surface area contributed by atoms with E-state index in [1.807, 2.05) is 29.0 Å². The average Bonchev–Trinajstić information content (AvgIpc) is 2.67. The molecule has 6 nitrogen and oxygen atoms in total. The third kappa shape index (κ3) is 4.70. The second-order valence-electron chi connectivity index (χ2n) is 9.56. The molecule has 0 spiro atoms. The molecule has 1 unspecified atom stereocenters. The maximum absolute atomic E-state index is 14.1. The number of halogens is 1. The molecule has 0 radical (unpaired) electrons. The van der Waals surface area contributed by atoms with Crippen LogP contribution in [0.3, 0.4) is 0 Å².